The minimum Gasteiger partial charge on any atom is -0.497 e. The number of amides is 1. The van der Waals surface area contributed by atoms with Gasteiger partial charge < -0.3 is 19.4 Å². The molecule has 2 aromatic carbocycles. The van der Waals surface area contributed by atoms with Crippen LogP contribution in [-0.2, 0) is 11.3 Å². The van der Waals surface area contributed by atoms with Crippen LogP contribution in [0.3, 0.4) is 0 Å². The molecule has 4 rings (SSSR count). The second-order valence-corrected chi connectivity index (χ2v) is 7.95. The Labute approximate surface area is 182 Å². The van der Waals surface area contributed by atoms with E-state index >= 15 is 0 Å². The molecule has 1 fully saturated rings. The molecule has 1 amide bonds. The van der Waals surface area contributed by atoms with Gasteiger partial charge in [-0.15, -0.1) is 0 Å². The van der Waals surface area contributed by atoms with Crippen molar-refractivity contribution in [3.63, 3.8) is 0 Å². The lowest BCUT2D eigenvalue weighted by Gasteiger charge is -2.21. The van der Waals surface area contributed by atoms with Gasteiger partial charge >= 0.3 is 0 Å². The third kappa shape index (κ3) is 4.52. The van der Waals surface area contributed by atoms with Gasteiger partial charge in [-0.2, -0.15) is 0 Å². The Morgan fingerprint density at radius 3 is 2.61 bits per heavy atom. The predicted molar refractivity (Wildman–Crippen MR) is 121 cm³/mol. The summed E-state index contributed by atoms with van der Waals surface area (Å²) < 4.78 is 12.8. The molecule has 31 heavy (non-hydrogen) atoms. The van der Waals surface area contributed by atoms with Crippen molar-refractivity contribution < 1.29 is 14.3 Å². The lowest BCUT2D eigenvalue weighted by molar-refractivity contribution is -0.122. The number of carbonyl (C=O) groups excluding carboxylic acids is 1. The second-order valence-electron chi connectivity index (χ2n) is 7.95. The third-order valence-corrected chi connectivity index (χ3v) is 6.10. The molecule has 3 aromatic rings. The van der Waals surface area contributed by atoms with Crippen molar-refractivity contribution in [3.8, 4) is 11.5 Å². The molecule has 0 aliphatic carbocycles. The van der Waals surface area contributed by atoms with Crippen molar-refractivity contribution in [2.45, 2.75) is 32.0 Å². The summed E-state index contributed by atoms with van der Waals surface area (Å²) >= 11 is 0. The summed E-state index contributed by atoms with van der Waals surface area (Å²) in [6, 6.07) is 16.3. The number of benzene rings is 2. The van der Waals surface area contributed by atoms with Crippen LogP contribution in [0.25, 0.3) is 10.9 Å². The molecular formula is C24H30N4O3. The molecule has 7 nitrogen and oxygen atoms in total. The number of hydrogen-bond donors (Lipinski definition) is 3. The van der Waals surface area contributed by atoms with E-state index in [-0.39, 0.29) is 23.9 Å². The third-order valence-electron chi connectivity index (χ3n) is 6.10. The van der Waals surface area contributed by atoms with Gasteiger partial charge in [0.05, 0.1) is 25.8 Å². The first-order valence-corrected chi connectivity index (χ1v) is 10.6. The van der Waals surface area contributed by atoms with Crippen molar-refractivity contribution >= 4 is 16.8 Å². The van der Waals surface area contributed by atoms with Crippen molar-refractivity contribution in [3.05, 3.63) is 60.3 Å². The number of hydrazine groups is 1. The number of nitrogens with zero attached hydrogens (tertiary/aromatic N) is 1. The molecule has 164 valence electrons. The number of nitrogens with one attached hydrogen (secondary N) is 3. The highest BCUT2D eigenvalue weighted by molar-refractivity contribution is 5.86. The molecule has 1 aliphatic rings. The number of methoxy groups -OCH3 is 2. The Bertz CT molecular complexity index is 1030. The molecule has 0 bridgehead atoms. The number of rotatable bonds is 8. The zero-order chi connectivity index (χ0) is 21.8. The summed E-state index contributed by atoms with van der Waals surface area (Å²) in [4.78, 5) is 12.7. The van der Waals surface area contributed by atoms with E-state index in [4.69, 9.17) is 9.47 Å². The summed E-state index contributed by atoms with van der Waals surface area (Å²) in [5.74, 6) is 1.91. The van der Waals surface area contributed by atoms with Gasteiger partial charge in [0, 0.05) is 43.1 Å². The van der Waals surface area contributed by atoms with E-state index in [1.807, 2.05) is 48.7 Å². The maximum atomic E-state index is 12.7. The fourth-order valence-electron chi connectivity index (χ4n) is 4.33. The molecule has 0 spiro atoms. The van der Waals surface area contributed by atoms with E-state index in [1.54, 1.807) is 14.2 Å². The summed E-state index contributed by atoms with van der Waals surface area (Å²) in [7, 11) is 3.34. The standard InChI is InChI=1S/C24H30N4O3/c1-16-20(24(27-26-16)17-7-9-18(30-2)10-8-17)15-23(29)25-12-14-28-13-11-19-21(28)5-4-6-22(19)31-3/h4-11,13,16,20,24,26-27H,12,14-15H2,1-3H3,(H,25,29). The zero-order valence-corrected chi connectivity index (χ0v) is 18.2. The highest BCUT2D eigenvalue weighted by Gasteiger charge is 2.35. The molecule has 1 aliphatic heterocycles. The fraction of sp³-hybridized carbons (Fsp3) is 0.375. The van der Waals surface area contributed by atoms with Gasteiger partial charge in [0.25, 0.3) is 0 Å². The first kappa shape index (κ1) is 21.2. The Morgan fingerprint density at radius 2 is 1.87 bits per heavy atom. The molecule has 3 unspecified atom stereocenters. The summed E-state index contributed by atoms with van der Waals surface area (Å²) in [6.45, 7) is 3.39. The Kier molecular flexibility index (Phi) is 6.44. The zero-order valence-electron chi connectivity index (χ0n) is 18.2. The Morgan fingerprint density at radius 1 is 1.06 bits per heavy atom. The molecule has 3 N–H and O–H groups in total. The molecule has 2 heterocycles. The number of aromatic nitrogens is 1. The first-order valence-electron chi connectivity index (χ1n) is 10.6. The van der Waals surface area contributed by atoms with Gasteiger partial charge in [-0.1, -0.05) is 18.2 Å². The largest absolute Gasteiger partial charge is 0.497 e. The van der Waals surface area contributed by atoms with Gasteiger partial charge in [0.1, 0.15) is 11.5 Å². The van der Waals surface area contributed by atoms with Gasteiger partial charge in [0.2, 0.25) is 5.91 Å². The van der Waals surface area contributed by atoms with E-state index in [0.29, 0.717) is 19.5 Å². The Balaban J connectivity index is 1.34. The van der Waals surface area contributed by atoms with Crippen molar-refractivity contribution in [1.29, 1.82) is 0 Å². The lowest BCUT2D eigenvalue weighted by Crippen LogP contribution is -2.32. The van der Waals surface area contributed by atoms with Gasteiger partial charge in [-0.05, 0) is 42.8 Å². The molecule has 0 saturated carbocycles. The minimum atomic E-state index is 0.0647. The second kappa shape index (κ2) is 9.41. The number of hydrogen-bond acceptors (Lipinski definition) is 5. The van der Waals surface area contributed by atoms with Crippen LogP contribution in [0.2, 0.25) is 0 Å². The van der Waals surface area contributed by atoms with Crippen LogP contribution in [-0.4, -0.2) is 37.3 Å². The van der Waals surface area contributed by atoms with E-state index in [0.717, 1.165) is 28.0 Å². The average Bonchev–Trinajstić information content (AvgIpc) is 3.37. The molecule has 3 atom stereocenters. The van der Waals surface area contributed by atoms with Crippen LogP contribution in [0.4, 0.5) is 0 Å². The molecule has 7 heteroatoms. The SMILES string of the molecule is COc1ccc(C2NNC(C)C2CC(=O)NCCn2ccc3c(OC)cccc32)cc1. The summed E-state index contributed by atoms with van der Waals surface area (Å²) in [5, 5.41) is 4.16. The van der Waals surface area contributed by atoms with Crippen LogP contribution in [0.5, 0.6) is 11.5 Å². The van der Waals surface area contributed by atoms with E-state index in [2.05, 4.69) is 33.7 Å². The van der Waals surface area contributed by atoms with Gasteiger partial charge in [-0.3, -0.25) is 10.2 Å². The van der Waals surface area contributed by atoms with Crippen molar-refractivity contribution in [2.75, 3.05) is 20.8 Å². The van der Waals surface area contributed by atoms with Crippen LogP contribution in [0.15, 0.2) is 54.7 Å². The molecule has 1 aromatic heterocycles. The number of fused-ring (bicyclic) bond motifs is 1. The maximum Gasteiger partial charge on any atom is 0.220 e. The normalized spacial score (nSPS) is 20.7. The van der Waals surface area contributed by atoms with Crippen LogP contribution >= 0.6 is 0 Å². The fourth-order valence-corrected chi connectivity index (χ4v) is 4.33. The monoisotopic (exact) mass is 422 g/mol. The van der Waals surface area contributed by atoms with Gasteiger partial charge in [0.15, 0.2) is 0 Å². The highest BCUT2D eigenvalue weighted by atomic mass is 16.5. The van der Waals surface area contributed by atoms with Crippen molar-refractivity contribution in [1.82, 2.24) is 20.7 Å². The predicted octanol–water partition coefficient (Wildman–Crippen LogP) is 3.02. The molecular weight excluding hydrogens is 392 g/mol. The highest BCUT2D eigenvalue weighted by Crippen LogP contribution is 2.32. The average molecular weight is 423 g/mol. The first-order chi connectivity index (χ1) is 15.1. The maximum absolute atomic E-state index is 12.7. The lowest BCUT2D eigenvalue weighted by atomic mass is 9.87. The van der Waals surface area contributed by atoms with Gasteiger partial charge in [-0.25, -0.2) is 5.43 Å². The quantitative estimate of drug-likeness (QED) is 0.520. The number of carbonyl (C=O) groups is 1. The summed E-state index contributed by atoms with van der Waals surface area (Å²) in [5.41, 5.74) is 8.87. The van der Waals surface area contributed by atoms with Crippen molar-refractivity contribution in [2.24, 2.45) is 5.92 Å². The van der Waals surface area contributed by atoms with E-state index in [9.17, 15) is 4.79 Å². The van der Waals surface area contributed by atoms with E-state index in [1.165, 1.54) is 0 Å². The topological polar surface area (TPSA) is 76.5 Å². The minimum absolute atomic E-state index is 0.0647. The molecule has 0 radical (unpaired) electrons. The smallest absolute Gasteiger partial charge is 0.220 e. The van der Waals surface area contributed by atoms with Crippen LogP contribution in [0.1, 0.15) is 24.9 Å². The Hall–Kier alpha value is -3.03. The molecule has 1 saturated heterocycles. The number of ether oxygens (including phenoxy) is 2. The summed E-state index contributed by atoms with van der Waals surface area (Å²) in [6.07, 6.45) is 2.49. The van der Waals surface area contributed by atoms with E-state index < -0.39 is 0 Å². The van der Waals surface area contributed by atoms with Crippen LogP contribution in [0, 0.1) is 5.92 Å². The van der Waals surface area contributed by atoms with Crippen LogP contribution < -0.4 is 25.6 Å².